The first-order chi connectivity index (χ1) is 10.1. The van der Waals surface area contributed by atoms with Gasteiger partial charge in [0, 0.05) is 18.0 Å². The first kappa shape index (κ1) is 16.0. The maximum absolute atomic E-state index is 12.1. The number of thiophene rings is 1. The van der Waals surface area contributed by atoms with Gasteiger partial charge in [-0.3, -0.25) is 0 Å². The number of sulfonamides is 1. The fourth-order valence-electron chi connectivity index (χ4n) is 1.70. The zero-order valence-corrected chi connectivity index (χ0v) is 13.3. The quantitative estimate of drug-likeness (QED) is 0.726. The van der Waals surface area contributed by atoms with Crippen LogP contribution in [0.1, 0.15) is 4.88 Å². The molecule has 1 aromatic heterocycles. The van der Waals surface area contributed by atoms with E-state index in [1.54, 1.807) is 6.07 Å². The molecule has 0 aliphatic carbocycles. The van der Waals surface area contributed by atoms with Crippen molar-refractivity contribution < 1.29 is 13.2 Å². The van der Waals surface area contributed by atoms with E-state index in [1.165, 1.54) is 11.3 Å². The zero-order chi connectivity index (χ0) is 15.1. The molecule has 2 N–H and O–H groups in total. The van der Waals surface area contributed by atoms with Crippen molar-refractivity contribution in [2.24, 2.45) is 0 Å². The molecule has 2 aromatic rings. The Balaban J connectivity index is 1.83. The van der Waals surface area contributed by atoms with Gasteiger partial charge in [0.05, 0.1) is 0 Å². The van der Waals surface area contributed by atoms with Gasteiger partial charge in [-0.2, -0.15) is 0 Å². The topological polar surface area (TPSA) is 67.4 Å². The van der Waals surface area contributed by atoms with Gasteiger partial charge in [-0.25, -0.2) is 13.1 Å². The molecule has 1 heterocycles. The predicted molar refractivity (Wildman–Crippen MR) is 84.2 cm³/mol. The monoisotopic (exact) mass is 326 g/mol. The Morgan fingerprint density at radius 3 is 2.62 bits per heavy atom. The summed E-state index contributed by atoms with van der Waals surface area (Å²) in [4.78, 5) is 0.985. The van der Waals surface area contributed by atoms with Crippen LogP contribution >= 0.6 is 11.3 Å². The van der Waals surface area contributed by atoms with Gasteiger partial charge in [0.15, 0.2) is 0 Å². The molecule has 0 bridgehead atoms. The third kappa shape index (κ3) is 4.82. The number of hydrogen-bond acceptors (Lipinski definition) is 5. The molecule has 114 valence electrons. The number of hydrogen-bond donors (Lipinski definition) is 2. The van der Waals surface area contributed by atoms with Crippen molar-refractivity contribution in [2.45, 2.75) is 10.8 Å². The lowest BCUT2D eigenvalue weighted by Crippen LogP contribution is -2.27. The lowest BCUT2D eigenvalue weighted by Gasteiger charge is -2.07. The van der Waals surface area contributed by atoms with E-state index in [0.29, 0.717) is 10.8 Å². The Bertz CT molecular complexity index is 654. The van der Waals surface area contributed by atoms with Crippen LogP contribution in [-0.4, -0.2) is 28.6 Å². The minimum atomic E-state index is -3.45. The number of para-hydroxylation sites is 1. The first-order valence-electron chi connectivity index (χ1n) is 6.52. The minimum absolute atomic E-state index is 0.233. The van der Waals surface area contributed by atoms with Gasteiger partial charge in [-0.05, 0) is 31.3 Å². The van der Waals surface area contributed by atoms with Crippen molar-refractivity contribution >= 4 is 21.4 Å². The van der Waals surface area contributed by atoms with Crippen molar-refractivity contribution in [3.05, 3.63) is 47.3 Å². The molecular weight excluding hydrogens is 308 g/mol. The van der Waals surface area contributed by atoms with Gasteiger partial charge in [0.1, 0.15) is 16.6 Å². The highest BCUT2D eigenvalue weighted by Crippen LogP contribution is 2.21. The average Bonchev–Trinajstić information content (AvgIpc) is 2.95. The molecule has 0 saturated heterocycles. The third-order valence-electron chi connectivity index (χ3n) is 2.66. The summed E-state index contributed by atoms with van der Waals surface area (Å²) in [5.74, 6) is 0.726. The number of ether oxygens (including phenoxy) is 1. The van der Waals surface area contributed by atoms with E-state index in [4.69, 9.17) is 4.74 Å². The number of benzene rings is 1. The van der Waals surface area contributed by atoms with Gasteiger partial charge >= 0.3 is 0 Å². The number of rotatable bonds is 8. The van der Waals surface area contributed by atoms with Crippen LogP contribution in [0, 0.1) is 0 Å². The molecule has 0 fully saturated rings. The highest BCUT2D eigenvalue weighted by atomic mass is 32.2. The SMILES string of the molecule is CNCc1ccc(S(=O)(=O)NCCOc2ccccc2)s1. The van der Waals surface area contributed by atoms with E-state index >= 15 is 0 Å². The maximum atomic E-state index is 12.1. The molecule has 7 heteroatoms. The molecule has 2 rings (SSSR count). The lowest BCUT2D eigenvalue weighted by molar-refractivity contribution is 0.323. The summed E-state index contributed by atoms with van der Waals surface area (Å²) >= 11 is 1.27. The van der Waals surface area contributed by atoms with Crippen LogP contribution in [0.3, 0.4) is 0 Å². The second-order valence-corrected chi connectivity index (χ2v) is 7.47. The van der Waals surface area contributed by atoms with E-state index in [0.717, 1.165) is 10.6 Å². The van der Waals surface area contributed by atoms with Crippen molar-refractivity contribution in [2.75, 3.05) is 20.2 Å². The molecular formula is C14H18N2O3S2. The maximum Gasteiger partial charge on any atom is 0.250 e. The Morgan fingerprint density at radius 2 is 1.90 bits per heavy atom. The molecule has 0 amide bonds. The van der Waals surface area contributed by atoms with Gasteiger partial charge in [-0.1, -0.05) is 18.2 Å². The molecule has 1 aromatic carbocycles. The summed E-state index contributed by atoms with van der Waals surface area (Å²) in [7, 11) is -1.62. The molecule has 0 unspecified atom stereocenters. The zero-order valence-electron chi connectivity index (χ0n) is 11.7. The molecule has 0 aliphatic heterocycles. The third-order valence-corrected chi connectivity index (χ3v) is 5.70. The lowest BCUT2D eigenvalue weighted by atomic mass is 10.3. The van der Waals surface area contributed by atoms with Crippen LogP contribution < -0.4 is 14.8 Å². The number of nitrogens with one attached hydrogen (secondary N) is 2. The largest absolute Gasteiger partial charge is 0.492 e. The highest BCUT2D eigenvalue weighted by molar-refractivity contribution is 7.91. The van der Waals surface area contributed by atoms with Crippen LogP contribution in [0.25, 0.3) is 0 Å². The minimum Gasteiger partial charge on any atom is -0.492 e. The molecule has 0 saturated carbocycles. The predicted octanol–water partition coefficient (Wildman–Crippen LogP) is 1.82. The van der Waals surface area contributed by atoms with Crippen molar-refractivity contribution in [3.63, 3.8) is 0 Å². The fourth-order valence-corrected chi connectivity index (χ4v) is 4.13. The van der Waals surface area contributed by atoms with Crippen molar-refractivity contribution in [1.82, 2.24) is 10.0 Å². The summed E-state index contributed by atoms with van der Waals surface area (Å²) in [5.41, 5.74) is 0. The molecule has 0 atom stereocenters. The second-order valence-electron chi connectivity index (χ2n) is 4.31. The average molecular weight is 326 g/mol. The Labute approximate surface area is 129 Å². The van der Waals surface area contributed by atoms with E-state index in [9.17, 15) is 8.42 Å². The summed E-state index contributed by atoms with van der Waals surface area (Å²) in [6, 6.07) is 12.7. The summed E-state index contributed by atoms with van der Waals surface area (Å²) < 4.78 is 32.5. The Morgan fingerprint density at radius 1 is 1.14 bits per heavy atom. The first-order valence-corrected chi connectivity index (χ1v) is 8.82. The van der Waals surface area contributed by atoms with E-state index in [2.05, 4.69) is 10.0 Å². The Hall–Kier alpha value is -1.41. The van der Waals surface area contributed by atoms with Gasteiger partial charge in [0.2, 0.25) is 10.0 Å². The van der Waals surface area contributed by atoms with E-state index in [-0.39, 0.29) is 13.2 Å². The van der Waals surface area contributed by atoms with Crippen molar-refractivity contribution in [3.8, 4) is 5.75 Å². The van der Waals surface area contributed by atoms with Crippen LogP contribution in [0.15, 0.2) is 46.7 Å². The van der Waals surface area contributed by atoms with Crippen LogP contribution in [0.4, 0.5) is 0 Å². The van der Waals surface area contributed by atoms with Crippen LogP contribution in [-0.2, 0) is 16.6 Å². The fraction of sp³-hybridized carbons (Fsp3) is 0.286. The smallest absolute Gasteiger partial charge is 0.250 e. The highest BCUT2D eigenvalue weighted by Gasteiger charge is 2.16. The van der Waals surface area contributed by atoms with Gasteiger partial charge in [-0.15, -0.1) is 11.3 Å². The molecule has 21 heavy (non-hydrogen) atoms. The summed E-state index contributed by atoms with van der Waals surface area (Å²) in [6.07, 6.45) is 0. The van der Waals surface area contributed by atoms with Crippen LogP contribution in [0.2, 0.25) is 0 Å². The summed E-state index contributed by atoms with van der Waals surface area (Å²) in [6.45, 7) is 1.19. The standard InChI is InChI=1S/C14H18N2O3S2/c1-15-11-13-7-8-14(20-13)21(17,18)16-9-10-19-12-5-3-2-4-6-12/h2-8,15-16H,9-11H2,1H3. The molecule has 5 nitrogen and oxygen atoms in total. The summed E-state index contributed by atoms with van der Waals surface area (Å²) in [5, 5.41) is 2.99. The van der Waals surface area contributed by atoms with Crippen LogP contribution in [0.5, 0.6) is 5.75 Å². The van der Waals surface area contributed by atoms with Gasteiger partial charge in [0.25, 0.3) is 0 Å². The molecule has 0 radical (unpaired) electrons. The Kier molecular flexibility index (Phi) is 5.75. The normalized spacial score (nSPS) is 11.5. The van der Waals surface area contributed by atoms with E-state index in [1.807, 2.05) is 43.4 Å². The van der Waals surface area contributed by atoms with Crippen molar-refractivity contribution in [1.29, 1.82) is 0 Å². The molecule has 0 spiro atoms. The van der Waals surface area contributed by atoms with Gasteiger partial charge < -0.3 is 10.1 Å². The molecule has 0 aliphatic rings. The second kappa shape index (κ2) is 7.56. The van der Waals surface area contributed by atoms with E-state index < -0.39 is 10.0 Å².